The standard InChI is InChI=1S/C25H28Cl2N2O6S4/c1-2-17(13-24-28(9-3-11-38(30,31)32)20-15-18(26)5-7-22(20)36-24)14-25-29(10-4-12-39(33,34)35)21-16-19(27)6-8-23(21)37-25/h5-8,13-16,24H,2-4,9-12H2,1H3,(H,30,31,32)(H,33,34,35)/p-1/b17-13-,25-14+. The molecule has 2 aromatic carbocycles. The number of halogens is 2. The molecule has 0 radical (unpaired) electrons. The van der Waals surface area contributed by atoms with Crippen LogP contribution in [0.25, 0.3) is 0 Å². The minimum absolute atomic E-state index is 0.143. The summed E-state index contributed by atoms with van der Waals surface area (Å²) in [7, 11) is -8.40. The van der Waals surface area contributed by atoms with Crippen molar-refractivity contribution >= 4 is 78.3 Å². The Bertz CT molecular complexity index is 1510. The Morgan fingerprint density at radius 2 is 1.64 bits per heavy atom. The lowest BCUT2D eigenvalue weighted by Crippen LogP contribution is -2.30. The van der Waals surface area contributed by atoms with Crippen molar-refractivity contribution in [2.24, 2.45) is 0 Å². The predicted octanol–water partition coefficient (Wildman–Crippen LogP) is 6.23. The molecule has 14 heteroatoms. The number of rotatable bonds is 11. The lowest BCUT2D eigenvalue weighted by Gasteiger charge is -2.26. The largest absolute Gasteiger partial charge is 0.748 e. The quantitative estimate of drug-likeness (QED) is 0.280. The van der Waals surface area contributed by atoms with E-state index in [-0.39, 0.29) is 24.0 Å². The van der Waals surface area contributed by atoms with Crippen LogP contribution in [0.2, 0.25) is 10.0 Å². The van der Waals surface area contributed by atoms with Crippen LogP contribution < -0.4 is 9.80 Å². The Morgan fingerprint density at radius 3 is 2.28 bits per heavy atom. The van der Waals surface area contributed by atoms with E-state index in [2.05, 4.69) is 17.1 Å². The van der Waals surface area contributed by atoms with Crippen LogP contribution in [0.3, 0.4) is 0 Å². The normalized spacial score (nSPS) is 18.6. The highest BCUT2D eigenvalue weighted by Gasteiger charge is 2.30. The van der Waals surface area contributed by atoms with Gasteiger partial charge in [-0.2, -0.15) is 8.42 Å². The molecule has 39 heavy (non-hydrogen) atoms. The zero-order valence-corrected chi connectivity index (χ0v) is 25.7. The van der Waals surface area contributed by atoms with Crippen molar-refractivity contribution in [1.29, 1.82) is 0 Å². The molecular formula is C25H27Cl2N2O6S4-. The van der Waals surface area contributed by atoms with Crippen molar-refractivity contribution in [3.63, 3.8) is 0 Å². The van der Waals surface area contributed by atoms with Gasteiger partial charge in [-0.3, -0.25) is 4.55 Å². The summed E-state index contributed by atoms with van der Waals surface area (Å²) in [5.74, 6) is -0.789. The summed E-state index contributed by atoms with van der Waals surface area (Å²) in [5, 5.41) is 1.90. The summed E-state index contributed by atoms with van der Waals surface area (Å²) < 4.78 is 65.4. The van der Waals surface area contributed by atoms with Crippen LogP contribution in [0, 0.1) is 0 Å². The second kappa shape index (κ2) is 12.6. The van der Waals surface area contributed by atoms with Gasteiger partial charge >= 0.3 is 0 Å². The molecule has 2 heterocycles. The Balaban J connectivity index is 1.62. The number of anilines is 2. The van der Waals surface area contributed by atoms with Crippen LogP contribution in [-0.4, -0.2) is 55.9 Å². The maximum Gasteiger partial charge on any atom is 0.264 e. The van der Waals surface area contributed by atoms with Gasteiger partial charge in [0.05, 0.1) is 37.6 Å². The second-order valence-electron chi connectivity index (χ2n) is 9.01. The van der Waals surface area contributed by atoms with E-state index in [0.29, 0.717) is 29.6 Å². The molecule has 2 aromatic rings. The average molecular weight is 651 g/mol. The van der Waals surface area contributed by atoms with Gasteiger partial charge in [0.25, 0.3) is 10.1 Å². The van der Waals surface area contributed by atoms with E-state index in [1.54, 1.807) is 29.6 Å². The number of nitrogens with zero attached hydrogens (tertiary/aromatic N) is 2. The lowest BCUT2D eigenvalue weighted by atomic mass is 10.1. The molecular weight excluding hydrogens is 623 g/mol. The van der Waals surface area contributed by atoms with Crippen LogP contribution in [0.5, 0.6) is 0 Å². The number of hydrogen-bond donors (Lipinski definition) is 1. The van der Waals surface area contributed by atoms with E-state index in [1.165, 1.54) is 0 Å². The summed E-state index contributed by atoms with van der Waals surface area (Å²) in [6.07, 6.45) is 5.31. The maximum absolute atomic E-state index is 11.3. The zero-order valence-electron chi connectivity index (χ0n) is 20.9. The van der Waals surface area contributed by atoms with E-state index in [1.807, 2.05) is 42.2 Å². The van der Waals surface area contributed by atoms with Gasteiger partial charge in [0.1, 0.15) is 0 Å². The number of benzene rings is 2. The second-order valence-corrected chi connectivity index (χ2v) is 15.2. The topological polar surface area (TPSA) is 118 Å². The van der Waals surface area contributed by atoms with E-state index >= 15 is 0 Å². The van der Waals surface area contributed by atoms with Gasteiger partial charge < -0.3 is 14.4 Å². The van der Waals surface area contributed by atoms with Gasteiger partial charge in [0.2, 0.25) is 0 Å². The molecule has 1 atom stereocenters. The molecule has 1 N–H and O–H groups in total. The first-order chi connectivity index (χ1) is 18.3. The number of thioether (sulfide) groups is 2. The fourth-order valence-electron chi connectivity index (χ4n) is 4.36. The number of hydrogen-bond acceptors (Lipinski definition) is 9. The fourth-order valence-corrected chi connectivity index (χ4v) is 8.10. The Kier molecular flexibility index (Phi) is 9.91. The SMILES string of the molecule is CCC(=C/C1Sc2ccc(Cl)cc2N1CCCS(=O)(=O)[O-])/C=C1/Sc2ccc(Cl)cc2N1CCCS(=O)(=O)O. The van der Waals surface area contributed by atoms with Gasteiger partial charge in [-0.25, -0.2) is 8.42 Å². The highest BCUT2D eigenvalue weighted by molar-refractivity contribution is 8.03. The first-order valence-electron chi connectivity index (χ1n) is 12.1. The summed E-state index contributed by atoms with van der Waals surface area (Å²) in [6, 6.07) is 11.2. The summed E-state index contributed by atoms with van der Waals surface area (Å²) >= 11 is 15.7. The Labute approximate surface area is 247 Å². The monoisotopic (exact) mass is 649 g/mol. The molecule has 212 valence electrons. The molecule has 0 bridgehead atoms. The van der Waals surface area contributed by atoms with Crippen LogP contribution in [0.1, 0.15) is 26.2 Å². The molecule has 0 aliphatic carbocycles. The highest BCUT2D eigenvalue weighted by Crippen LogP contribution is 2.48. The smallest absolute Gasteiger partial charge is 0.264 e. The first kappa shape index (κ1) is 30.6. The third kappa shape index (κ3) is 8.32. The summed E-state index contributed by atoms with van der Waals surface area (Å²) in [5.41, 5.74) is 2.79. The van der Waals surface area contributed by atoms with Crippen LogP contribution >= 0.6 is 46.7 Å². The van der Waals surface area contributed by atoms with Crippen molar-refractivity contribution in [2.75, 3.05) is 34.4 Å². The molecule has 4 rings (SSSR count). The Morgan fingerprint density at radius 1 is 1.00 bits per heavy atom. The minimum Gasteiger partial charge on any atom is -0.748 e. The van der Waals surface area contributed by atoms with E-state index in [9.17, 15) is 25.9 Å². The van der Waals surface area contributed by atoms with Crippen LogP contribution in [-0.2, 0) is 20.2 Å². The van der Waals surface area contributed by atoms with Crippen molar-refractivity contribution in [3.8, 4) is 0 Å². The molecule has 0 spiro atoms. The molecule has 0 aromatic heterocycles. The van der Waals surface area contributed by atoms with Crippen LogP contribution in [0.4, 0.5) is 11.4 Å². The predicted molar refractivity (Wildman–Crippen MR) is 160 cm³/mol. The van der Waals surface area contributed by atoms with Crippen molar-refractivity contribution in [1.82, 2.24) is 0 Å². The zero-order chi connectivity index (χ0) is 28.4. The molecule has 2 aliphatic heterocycles. The van der Waals surface area contributed by atoms with Gasteiger partial charge in [0.15, 0.2) is 0 Å². The van der Waals surface area contributed by atoms with Gasteiger partial charge in [0, 0.05) is 38.7 Å². The average Bonchev–Trinajstić information content (AvgIpc) is 3.34. The molecule has 2 aliphatic rings. The maximum atomic E-state index is 11.3. The van der Waals surface area contributed by atoms with E-state index in [0.717, 1.165) is 31.8 Å². The van der Waals surface area contributed by atoms with Crippen molar-refractivity contribution in [3.05, 3.63) is 69.2 Å². The minimum atomic E-state index is -4.32. The fraction of sp³-hybridized carbons (Fsp3) is 0.360. The molecule has 0 fully saturated rings. The molecule has 8 nitrogen and oxygen atoms in total. The third-order valence-electron chi connectivity index (χ3n) is 6.13. The molecule has 0 saturated heterocycles. The molecule has 1 unspecified atom stereocenters. The Hall–Kier alpha value is -1.38. The van der Waals surface area contributed by atoms with Crippen molar-refractivity contribution in [2.45, 2.75) is 41.4 Å². The van der Waals surface area contributed by atoms with Gasteiger partial charge in [-0.05, 0) is 73.4 Å². The van der Waals surface area contributed by atoms with E-state index < -0.39 is 26.0 Å². The number of fused-ring (bicyclic) bond motifs is 2. The van der Waals surface area contributed by atoms with Crippen LogP contribution in [0.15, 0.2) is 68.9 Å². The summed E-state index contributed by atoms with van der Waals surface area (Å²) in [4.78, 5) is 6.07. The molecule has 0 saturated carbocycles. The van der Waals surface area contributed by atoms with Gasteiger partial charge in [-0.15, -0.1) is 0 Å². The first-order valence-corrected chi connectivity index (χ1v) is 17.8. The molecule has 0 amide bonds. The third-order valence-corrected chi connectivity index (χ3v) is 10.5. The van der Waals surface area contributed by atoms with Gasteiger partial charge in [-0.1, -0.05) is 53.6 Å². The lowest BCUT2D eigenvalue weighted by molar-refractivity contribution is 0.461. The van der Waals surface area contributed by atoms with E-state index in [4.69, 9.17) is 23.2 Å². The number of allylic oxidation sites excluding steroid dienone is 2. The van der Waals surface area contributed by atoms with Crippen molar-refractivity contribution < 1.29 is 25.9 Å². The summed E-state index contributed by atoms with van der Waals surface area (Å²) in [6.45, 7) is 2.78. The highest BCUT2D eigenvalue weighted by atomic mass is 35.5.